The zero-order valence-corrected chi connectivity index (χ0v) is 17.1. The number of rotatable bonds is 7. The van der Waals surface area contributed by atoms with Crippen molar-refractivity contribution in [3.05, 3.63) is 64.7 Å². The van der Waals surface area contributed by atoms with Gasteiger partial charge in [-0.15, -0.1) is 0 Å². The van der Waals surface area contributed by atoms with Crippen molar-refractivity contribution in [2.45, 2.75) is 47.1 Å². The molecule has 1 N–H and O–H groups in total. The van der Waals surface area contributed by atoms with Crippen molar-refractivity contribution < 1.29 is 9.18 Å². The molecule has 4 nitrogen and oxygen atoms in total. The molecule has 0 radical (unpaired) electrons. The molecule has 3 aromatic rings. The lowest BCUT2D eigenvalue weighted by molar-refractivity contribution is -0.121. The van der Waals surface area contributed by atoms with Crippen molar-refractivity contribution in [2.24, 2.45) is 5.92 Å². The molecule has 0 aliphatic carbocycles. The number of hydrogen-bond acceptors (Lipinski definition) is 2. The molecule has 148 valence electrons. The van der Waals surface area contributed by atoms with Crippen LogP contribution in [0.15, 0.2) is 36.4 Å². The third-order valence-corrected chi connectivity index (χ3v) is 5.02. The number of carbonyl (C=O) groups is 1. The van der Waals surface area contributed by atoms with Gasteiger partial charge in [-0.05, 0) is 54.7 Å². The summed E-state index contributed by atoms with van der Waals surface area (Å²) in [6, 6.07) is 10.9. The lowest BCUT2D eigenvalue weighted by atomic mass is 10.1. The van der Waals surface area contributed by atoms with Crippen molar-refractivity contribution in [2.75, 3.05) is 6.54 Å². The molecule has 1 aromatic heterocycles. The van der Waals surface area contributed by atoms with Crippen LogP contribution in [0, 0.1) is 25.6 Å². The summed E-state index contributed by atoms with van der Waals surface area (Å²) in [4.78, 5) is 17.0. The van der Waals surface area contributed by atoms with Gasteiger partial charge in [-0.3, -0.25) is 4.79 Å². The normalized spacial score (nSPS) is 11.4. The number of fused-ring (bicyclic) bond motifs is 1. The molecule has 3 rings (SSSR count). The summed E-state index contributed by atoms with van der Waals surface area (Å²) in [5.41, 5.74) is 4.83. The summed E-state index contributed by atoms with van der Waals surface area (Å²) >= 11 is 0. The predicted molar refractivity (Wildman–Crippen MR) is 111 cm³/mol. The third kappa shape index (κ3) is 4.58. The molecule has 0 bridgehead atoms. The second-order valence-electron chi connectivity index (χ2n) is 7.82. The summed E-state index contributed by atoms with van der Waals surface area (Å²) in [6.07, 6.45) is 0.766. The lowest BCUT2D eigenvalue weighted by Crippen LogP contribution is -2.28. The lowest BCUT2D eigenvalue weighted by Gasteiger charge is -2.12. The molecule has 0 atom stereocenters. The third-order valence-electron chi connectivity index (χ3n) is 5.02. The Labute approximate surface area is 165 Å². The maximum absolute atomic E-state index is 14.2. The van der Waals surface area contributed by atoms with Crippen LogP contribution in [0.1, 0.15) is 42.8 Å². The van der Waals surface area contributed by atoms with Crippen molar-refractivity contribution >= 4 is 16.9 Å². The Morgan fingerprint density at radius 2 is 1.89 bits per heavy atom. The van der Waals surface area contributed by atoms with Gasteiger partial charge in [0, 0.05) is 25.9 Å². The van der Waals surface area contributed by atoms with E-state index >= 15 is 0 Å². The summed E-state index contributed by atoms with van der Waals surface area (Å²) in [7, 11) is 0. The van der Waals surface area contributed by atoms with E-state index in [1.54, 1.807) is 12.1 Å². The van der Waals surface area contributed by atoms with Crippen molar-refractivity contribution in [3.63, 3.8) is 0 Å². The summed E-state index contributed by atoms with van der Waals surface area (Å²) in [5.74, 6) is 0.987. The molecular formula is C23H28FN3O. The molecule has 0 saturated heterocycles. The summed E-state index contributed by atoms with van der Waals surface area (Å²) < 4.78 is 16.2. The van der Waals surface area contributed by atoms with Crippen LogP contribution < -0.4 is 5.32 Å². The number of nitrogens with zero attached hydrogens (tertiary/aromatic N) is 2. The van der Waals surface area contributed by atoms with Crippen LogP contribution in [0.25, 0.3) is 11.0 Å². The molecule has 0 spiro atoms. The molecule has 0 fully saturated rings. The average molecular weight is 381 g/mol. The molecule has 5 heteroatoms. The minimum absolute atomic E-state index is 0.0243. The van der Waals surface area contributed by atoms with E-state index in [0.29, 0.717) is 37.4 Å². The monoisotopic (exact) mass is 381 g/mol. The Hall–Kier alpha value is -2.69. The fraction of sp³-hybridized carbons (Fsp3) is 0.391. The van der Waals surface area contributed by atoms with Crippen LogP contribution in [0.4, 0.5) is 4.39 Å². The van der Waals surface area contributed by atoms with Gasteiger partial charge in [-0.25, -0.2) is 9.37 Å². The largest absolute Gasteiger partial charge is 0.356 e. The molecule has 1 heterocycles. The van der Waals surface area contributed by atoms with Crippen LogP contribution >= 0.6 is 0 Å². The van der Waals surface area contributed by atoms with Crippen LogP contribution in [0.2, 0.25) is 0 Å². The molecule has 1 amide bonds. The first-order valence-electron chi connectivity index (χ1n) is 9.81. The Morgan fingerprint density at radius 1 is 1.18 bits per heavy atom. The van der Waals surface area contributed by atoms with Crippen molar-refractivity contribution in [1.82, 2.24) is 14.9 Å². The van der Waals surface area contributed by atoms with E-state index in [0.717, 1.165) is 16.9 Å². The first kappa shape index (κ1) is 20.1. The minimum Gasteiger partial charge on any atom is -0.356 e. The van der Waals surface area contributed by atoms with Gasteiger partial charge in [-0.1, -0.05) is 32.0 Å². The maximum atomic E-state index is 14.2. The average Bonchev–Trinajstić information content (AvgIpc) is 2.96. The number of carbonyl (C=O) groups excluding carboxylic acids is 1. The second-order valence-corrected chi connectivity index (χ2v) is 7.82. The number of imidazole rings is 1. The van der Waals surface area contributed by atoms with E-state index in [4.69, 9.17) is 4.98 Å². The Balaban J connectivity index is 1.92. The van der Waals surface area contributed by atoms with Crippen molar-refractivity contribution in [3.8, 4) is 0 Å². The first-order valence-corrected chi connectivity index (χ1v) is 9.81. The molecule has 2 aromatic carbocycles. The standard InChI is InChI=1S/C23H28FN3O/c1-15(2)14-25-23(28)9-10-27-21-12-17(4)16(3)11-20(21)26-22(27)13-18-7-5-6-8-19(18)24/h5-8,11-12,15H,9-10,13-14H2,1-4H3,(H,25,28). The highest BCUT2D eigenvalue weighted by atomic mass is 19.1. The second kappa shape index (κ2) is 8.55. The number of aromatic nitrogens is 2. The fourth-order valence-corrected chi connectivity index (χ4v) is 3.25. The number of aryl methyl sites for hydroxylation is 3. The van der Waals surface area contributed by atoms with Gasteiger partial charge in [0.05, 0.1) is 11.0 Å². The van der Waals surface area contributed by atoms with E-state index in [1.807, 2.05) is 6.07 Å². The van der Waals surface area contributed by atoms with E-state index in [1.165, 1.54) is 17.2 Å². The molecule has 0 aliphatic heterocycles. The molecule has 28 heavy (non-hydrogen) atoms. The van der Waals surface area contributed by atoms with Gasteiger partial charge in [0.25, 0.3) is 0 Å². The number of amides is 1. The van der Waals surface area contributed by atoms with Crippen LogP contribution in [0.3, 0.4) is 0 Å². The predicted octanol–water partition coefficient (Wildman–Crippen LogP) is 4.55. The number of nitrogens with one attached hydrogen (secondary N) is 1. The number of hydrogen-bond donors (Lipinski definition) is 1. The quantitative estimate of drug-likeness (QED) is 0.653. The maximum Gasteiger partial charge on any atom is 0.221 e. The topological polar surface area (TPSA) is 46.9 Å². The molecule has 0 unspecified atom stereocenters. The zero-order chi connectivity index (χ0) is 20.3. The zero-order valence-electron chi connectivity index (χ0n) is 17.1. The highest BCUT2D eigenvalue weighted by Gasteiger charge is 2.15. The van der Waals surface area contributed by atoms with Crippen LogP contribution in [-0.2, 0) is 17.8 Å². The van der Waals surface area contributed by atoms with Gasteiger partial charge in [0.15, 0.2) is 0 Å². The van der Waals surface area contributed by atoms with Crippen molar-refractivity contribution in [1.29, 1.82) is 0 Å². The van der Waals surface area contributed by atoms with Gasteiger partial charge >= 0.3 is 0 Å². The van der Waals surface area contributed by atoms with Gasteiger partial charge in [-0.2, -0.15) is 0 Å². The highest BCUT2D eigenvalue weighted by molar-refractivity contribution is 5.79. The molecule has 0 aliphatic rings. The number of benzene rings is 2. The Morgan fingerprint density at radius 3 is 2.61 bits per heavy atom. The van der Waals surface area contributed by atoms with E-state index in [-0.39, 0.29) is 11.7 Å². The minimum atomic E-state index is -0.233. The molecule has 0 saturated carbocycles. The van der Waals surface area contributed by atoms with Gasteiger partial charge in [0.1, 0.15) is 11.6 Å². The van der Waals surface area contributed by atoms with Gasteiger partial charge in [0.2, 0.25) is 5.91 Å². The summed E-state index contributed by atoms with van der Waals surface area (Å²) in [5, 5.41) is 2.96. The van der Waals surface area contributed by atoms with Crippen LogP contribution in [0.5, 0.6) is 0 Å². The Kier molecular flexibility index (Phi) is 6.12. The van der Waals surface area contributed by atoms with E-state index in [9.17, 15) is 9.18 Å². The SMILES string of the molecule is Cc1cc2nc(Cc3ccccc3F)n(CCC(=O)NCC(C)C)c2cc1C. The highest BCUT2D eigenvalue weighted by Crippen LogP contribution is 2.23. The molecular weight excluding hydrogens is 353 g/mol. The van der Waals surface area contributed by atoms with E-state index in [2.05, 4.69) is 49.7 Å². The van der Waals surface area contributed by atoms with E-state index < -0.39 is 0 Å². The van der Waals surface area contributed by atoms with Crippen LogP contribution in [-0.4, -0.2) is 22.0 Å². The first-order chi connectivity index (χ1) is 13.3. The van der Waals surface area contributed by atoms with Gasteiger partial charge < -0.3 is 9.88 Å². The summed E-state index contributed by atoms with van der Waals surface area (Å²) in [6.45, 7) is 9.46. The number of halogens is 1. The smallest absolute Gasteiger partial charge is 0.221 e. The fourth-order valence-electron chi connectivity index (χ4n) is 3.25. The Bertz CT molecular complexity index is 991.